The highest BCUT2D eigenvalue weighted by atomic mass is 16.2. The lowest BCUT2D eigenvalue weighted by Gasteiger charge is -2.06. The average Bonchev–Trinajstić information content (AvgIpc) is 2.34. The molecule has 0 spiro atoms. The number of carbonyl (C=O) groups excluding carboxylic acids is 2. The van der Waals surface area contributed by atoms with Crippen molar-refractivity contribution in [3.05, 3.63) is 47.5 Å². The van der Waals surface area contributed by atoms with Crippen LogP contribution >= 0.6 is 0 Å². The van der Waals surface area contributed by atoms with Crippen molar-refractivity contribution < 1.29 is 9.59 Å². The Bertz CT molecular complexity index is 449. The fourth-order valence-electron chi connectivity index (χ4n) is 1.33. The van der Waals surface area contributed by atoms with Gasteiger partial charge in [-0.25, -0.2) is 0 Å². The summed E-state index contributed by atoms with van der Waals surface area (Å²) in [6.45, 7) is 8.00. The standard InChI is InChI=1S/C14H18N2O2/c1-10(2)8-16-14(18)13-6-4-12(5-7-13)9-15-11(3)17/h4-7H,1,8-9H2,2-3H3,(H,15,17)(H,16,18). The lowest BCUT2D eigenvalue weighted by Crippen LogP contribution is -2.25. The number of nitrogens with one attached hydrogen (secondary N) is 2. The first-order chi connectivity index (χ1) is 8.49. The zero-order chi connectivity index (χ0) is 13.5. The van der Waals surface area contributed by atoms with Crippen LogP contribution in [0.2, 0.25) is 0 Å². The summed E-state index contributed by atoms with van der Waals surface area (Å²) in [4.78, 5) is 22.5. The fraction of sp³-hybridized carbons (Fsp3) is 0.286. The second-order valence-corrected chi connectivity index (χ2v) is 4.25. The molecule has 0 aliphatic carbocycles. The van der Waals surface area contributed by atoms with Crippen LogP contribution in [0.5, 0.6) is 0 Å². The van der Waals surface area contributed by atoms with E-state index < -0.39 is 0 Å². The second-order valence-electron chi connectivity index (χ2n) is 4.25. The topological polar surface area (TPSA) is 58.2 Å². The van der Waals surface area contributed by atoms with Gasteiger partial charge >= 0.3 is 0 Å². The molecule has 4 nitrogen and oxygen atoms in total. The van der Waals surface area contributed by atoms with Crippen LogP contribution in [0.15, 0.2) is 36.4 Å². The molecule has 1 aromatic rings. The van der Waals surface area contributed by atoms with E-state index in [0.717, 1.165) is 11.1 Å². The third kappa shape index (κ3) is 4.82. The van der Waals surface area contributed by atoms with Gasteiger partial charge in [0.05, 0.1) is 0 Å². The third-order valence-electron chi connectivity index (χ3n) is 2.31. The molecule has 18 heavy (non-hydrogen) atoms. The largest absolute Gasteiger partial charge is 0.352 e. The number of amides is 2. The first-order valence-corrected chi connectivity index (χ1v) is 5.75. The molecule has 2 amide bonds. The molecule has 96 valence electrons. The summed E-state index contributed by atoms with van der Waals surface area (Å²) in [6, 6.07) is 7.13. The number of benzene rings is 1. The number of hydrogen-bond acceptors (Lipinski definition) is 2. The molecule has 0 radical (unpaired) electrons. The summed E-state index contributed by atoms with van der Waals surface area (Å²) < 4.78 is 0. The molecule has 0 aliphatic rings. The molecule has 0 saturated carbocycles. The van der Waals surface area contributed by atoms with Crippen molar-refractivity contribution in [3.63, 3.8) is 0 Å². The van der Waals surface area contributed by atoms with Crippen LogP contribution < -0.4 is 10.6 Å². The van der Waals surface area contributed by atoms with Crippen molar-refractivity contribution in [3.8, 4) is 0 Å². The van der Waals surface area contributed by atoms with Crippen molar-refractivity contribution >= 4 is 11.8 Å². The Morgan fingerprint density at radius 3 is 2.22 bits per heavy atom. The maximum Gasteiger partial charge on any atom is 0.251 e. The van der Waals surface area contributed by atoms with Gasteiger partial charge in [0.15, 0.2) is 0 Å². The molecule has 1 aromatic carbocycles. The van der Waals surface area contributed by atoms with E-state index in [4.69, 9.17) is 0 Å². The van der Waals surface area contributed by atoms with Crippen LogP contribution in [0.4, 0.5) is 0 Å². The average molecular weight is 246 g/mol. The molecule has 2 N–H and O–H groups in total. The molecular weight excluding hydrogens is 228 g/mol. The van der Waals surface area contributed by atoms with Gasteiger partial charge in [-0.2, -0.15) is 0 Å². The van der Waals surface area contributed by atoms with Gasteiger partial charge in [-0.15, -0.1) is 0 Å². The third-order valence-corrected chi connectivity index (χ3v) is 2.31. The predicted molar refractivity (Wildman–Crippen MR) is 71.1 cm³/mol. The highest BCUT2D eigenvalue weighted by Gasteiger charge is 2.04. The minimum atomic E-state index is -0.121. The summed E-state index contributed by atoms with van der Waals surface area (Å²) in [5.74, 6) is -0.192. The van der Waals surface area contributed by atoms with Crippen LogP contribution in [0.3, 0.4) is 0 Å². The minimum absolute atomic E-state index is 0.0710. The van der Waals surface area contributed by atoms with E-state index in [1.54, 1.807) is 12.1 Å². The molecule has 0 aliphatic heterocycles. The van der Waals surface area contributed by atoms with Gasteiger partial charge in [0.25, 0.3) is 5.91 Å². The van der Waals surface area contributed by atoms with Gasteiger partial charge in [-0.05, 0) is 24.6 Å². The summed E-state index contributed by atoms with van der Waals surface area (Å²) in [7, 11) is 0. The van der Waals surface area contributed by atoms with E-state index in [2.05, 4.69) is 17.2 Å². The Labute approximate surface area is 107 Å². The summed E-state index contributed by atoms with van der Waals surface area (Å²) in [5.41, 5.74) is 2.47. The molecule has 0 heterocycles. The Morgan fingerprint density at radius 2 is 1.72 bits per heavy atom. The molecule has 0 fully saturated rings. The van der Waals surface area contributed by atoms with Gasteiger partial charge in [0.2, 0.25) is 5.91 Å². The smallest absolute Gasteiger partial charge is 0.251 e. The van der Waals surface area contributed by atoms with Crippen LogP contribution in [-0.4, -0.2) is 18.4 Å². The number of carbonyl (C=O) groups is 2. The Hall–Kier alpha value is -2.10. The van der Waals surface area contributed by atoms with Gasteiger partial charge in [-0.1, -0.05) is 24.3 Å². The van der Waals surface area contributed by atoms with E-state index in [0.29, 0.717) is 18.7 Å². The molecule has 0 aromatic heterocycles. The number of rotatable bonds is 5. The molecule has 1 rings (SSSR count). The Kier molecular flexibility index (Phi) is 5.11. The van der Waals surface area contributed by atoms with E-state index in [1.165, 1.54) is 6.92 Å². The Balaban J connectivity index is 2.56. The number of hydrogen-bond donors (Lipinski definition) is 2. The maximum atomic E-state index is 11.7. The molecule has 0 saturated heterocycles. The van der Waals surface area contributed by atoms with Crippen LogP contribution in [-0.2, 0) is 11.3 Å². The van der Waals surface area contributed by atoms with Crippen molar-refractivity contribution in [1.29, 1.82) is 0 Å². The molecular formula is C14H18N2O2. The monoisotopic (exact) mass is 246 g/mol. The van der Waals surface area contributed by atoms with Gasteiger partial charge < -0.3 is 10.6 Å². The Morgan fingerprint density at radius 1 is 1.11 bits per heavy atom. The quantitative estimate of drug-likeness (QED) is 0.776. The van der Waals surface area contributed by atoms with Gasteiger partial charge in [0.1, 0.15) is 0 Å². The zero-order valence-electron chi connectivity index (χ0n) is 10.7. The normalized spacial score (nSPS) is 9.67. The first-order valence-electron chi connectivity index (χ1n) is 5.75. The van der Waals surface area contributed by atoms with E-state index >= 15 is 0 Å². The highest BCUT2D eigenvalue weighted by molar-refractivity contribution is 5.94. The van der Waals surface area contributed by atoms with Crippen LogP contribution in [0, 0.1) is 0 Å². The lowest BCUT2D eigenvalue weighted by molar-refractivity contribution is -0.119. The minimum Gasteiger partial charge on any atom is -0.352 e. The van der Waals surface area contributed by atoms with Crippen molar-refractivity contribution in [2.75, 3.05) is 6.54 Å². The first kappa shape index (κ1) is 14.0. The maximum absolute atomic E-state index is 11.7. The van der Waals surface area contributed by atoms with Crippen molar-refractivity contribution in [2.24, 2.45) is 0 Å². The van der Waals surface area contributed by atoms with Crippen molar-refractivity contribution in [2.45, 2.75) is 20.4 Å². The van der Waals surface area contributed by atoms with Crippen LogP contribution in [0.1, 0.15) is 29.8 Å². The highest BCUT2D eigenvalue weighted by Crippen LogP contribution is 2.04. The van der Waals surface area contributed by atoms with Crippen molar-refractivity contribution in [1.82, 2.24) is 10.6 Å². The summed E-state index contributed by atoms with van der Waals surface area (Å²) >= 11 is 0. The molecule has 0 unspecified atom stereocenters. The van der Waals surface area contributed by atoms with E-state index in [9.17, 15) is 9.59 Å². The van der Waals surface area contributed by atoms with Gasteiger partial charge in [0, 0.05) is 25.6 Å². The lowest BCUT2D eigenvalue weighted by atomic mass is 10.1. The van der Waals surface area contributed by atoms with Crippen LogP contribution in [0.25, 0.3) is 0 Å². The fourth-order valence-corrected chi connectivity index (χ4v) is 1.33. The van der Waals surface area contributed by atoms with E-state index in [1.807, 2.05) is 19.1 Å². The SMILES string of the molecule is C=C(C)CNC(=O)c1ccc(CNC(C)=O)cc1. The zero-order valence-corrected chi connectivity index (χ0v) is 10.7. The summed E-state index contributed by atoms with van der Waals surface area (Å²) in [5, 5.41) is 5.46. The predicted octanol–water partition coefficient (Wildman–Crippen LogP) is 1.63. The van der Waals surface area contributed by atoms with Gasteiger partial charge in [-0.3, -0.25) is 9.59 Å². The molecule has 0 bridgehead atoms. The molecule has 0 atom stereocenters. The molecule has 4 heteroatoms. The summed E-state index contributed by atoms with van der Waals surface area (Å²) in [6.07, 6.45) is 0. The van der Waals surface area contributed by atoms with E-state index in [-0.39, 0.29) is 11.8 Å². The second kappa shape index (κ2) is 6.59.